The molecule has 0 spiro atoms. The molecule has 3 nitrogen and oxygen atoms in total. The Labute approximate surface area is 96.7 Å². The molecule has 0 aliphatic rings. The van der Waals surface area contributed by atoms with Crippen molar-refractivity contribution in [2.24, 2.45) is 7.05 Å². The van der Waals surface area contributed by atoms with Crippen LogP contribution in [0.2, 0.25) is 0 Å². The van der Waals surface area contributed by atoms with Gasteiger partial charge in [0.25, 0.3) is 5.91 Å². The third kappa shape index (κ3) is 2.33. The van der Waals surface area contributed by atoms with E-state index in [1.54, 1.807) is 29.9 Å². The molecule has 0 unspecified atom stereocenters. The average Bonchev–Trinajstić information content (AvgIpc) is 2.70. The summed E-state index contributed by atoms with van der Waals surface area (Å²) in [6, 6.07) is 6.57. The van der Waals surface area contributed by atoms with Crippen molar-refractivity contribution in [3.63, 3.8) is 0 Å². The lowest BCUT2D eigenvalue weighted by Crippen LogP contribution is -2.15. The van der Waals surface area contributed by atoms with Crippen molar-refractivity contribution in [2.45, 2.75) is 0 Å². The largest absolute Gasteiger partial charge is 0.347 e. The molecule has 0 saturated carbocycles. The fourth-order valence-corrected chi connectivity index (χ4v) is 1.47. The van der Waals surface area contributed by atoms with Gasteiger partial charge in [-0.3, -0.25) is 4.79 Å². The standard InChI is InChI=1S/C12H10F2N2O/c1-16-6-2-3-11(16)12(17)15-8-4-5-9(13)10(14)7-8/h2-7H,1H3,(H,15,17). The van der Waals surface area contributed by atoms with Crippen LogP contribution in [0.3, 0.4) is 0 Å². The first-order valence-electron chi connectivity index (χ1n) is 4.95. The van der Waals surface area contributed by atoms with Gasteiger partial charge in [-0.15, -0.1) is 0 Å². The number of carbonyl (C=O) groups is 1. The quantitative estimate of drug-likeness (QED) is 0.854. The van der Waals surface area contributed by atoms with Crippen molar-refractivity contribution in [3.8, 4) is 0 Å². The summed E-state index contributed by atoms with van der Waals surface area (Å²) in [5, 5.41) is 2.49. The summed E-state index contributed by atoms with van der Waals surface area (Å²) in [7, 11) is 1.72. The van der Waals surface area contributed by atoms with Gasteiger partial charge in [0.05, 0.1) is 0 Å². The maximum absolute atomic E-state index is 12.9. The number of aromatic nitrogens is 1. The van der Waals surface area contributed by atoms with E-state index in [1.807, 2.05) is 0 Å². The van der Waals surface area contributed by atoms with Gasteiger partial charge in [-0.25, -0.2) is 8.78 Å². The van der Waals surface area contributed by atoms with E-state index in [0.717, 1.165) is 12.1 Å². The van der Waals surface area contributed by atoms with Crippen LogP contribution in [-0.4, -0.2) is 10.5 Å². The zero-order valence-electron chi connectivity index (χ0n) is 9.08. The van der Waals surface area contributed by atoms with Crippen molar-refractivity contribution >= 4 is 11.6 Å². The SMILES string of the molecule is Cn1cccc1C(=O)Nc1ccc(F)c(F)c1. The first kappa shape index (κ1) is 11.3. The molecule has 0 atom stereocenters. The fourth-order valence-electron chi connectivity index (χ4n) is 1.47. The van der Waals surface area contributed by atoms with Gasteiger partial charge in [0.1, 0.15) is 5.69 Å². The molecule has 1 aromatic carbocycles. The number of benzene rings is 1. The van der Waals surface area contributed by atoms with Crippen LogP contribution in [0.25, 0.3) is 0 Å². The first-order chi connectivity index (χ1) is 8.08. The summed E-state index contributed by atoms with van der Waals surface area (Å²) in [5.41, 5.74) is 0.657. The average molecular weight is 236 g/mol. The van der Waals surface area contributed by atoms with E-state index in [4.69, 9.17) is 0 Å². The van der Waals surface area contributed by atoms with Crippen LogP contribution in [0.5, 0.6) is 0 Å². The van der Waals surface area contributed by atoms with Gasteiger partial charge in [0, 0.05) is 25.0 Å². The maximum atomic E-state index is 12.9. The highest BCUT2D eigenvalue weighted by Gasteiger charge is 2.10. The summed E-state index contributed by atoms with van der Waals surface area (Å²) in [5.74, 6) is -2.31. The Morgan fingerprint density at radius 3 is 2.59 bits per heavy atom. The third-order valence-electron chi connectivity index (χ3n) is 2.35. The highest BCUT2D eigenvalue weighted by Crippen LogP contribution is 2.14. The molecule has 2 aromatic rings. The minimum absolute atomic E-state index is 0.218. The molecule has 17 heavy (non-hydrogen) atoms. The number of halogens is 2. The lowest BCUT2D eigenvalue weighted by atomic mass is 10.3. The number of rotatable bonds is 2. The predicted molar refractivity (Wildman–Crippen MR) is 59.7 cm³/mol. The number of anilines is 1. The normalized spacial score (nSPS) is 10.3. The lowest BCUT2D eigenvalue weighted by Gasteiger charge is -2.06. The second-order valence-electron chi connectivity index (χ2n) is 3.59. The van der Waals surface area contributed by atoms with E-state index in [2.05, 4.69) is 5.32 Å². The zero-order valence-corrected chi connectivity index (χ0v) is 9.08. The van der Waals surface area contributed by atoms with Gasteiger partial charge in [-0.1, -0.05) is 0 Å². The Kier molecular flexibility index (Phi) is 2.91. The third-order valence-corrected chi connectivity index (χ3v) is 2.35. The minimum atomic E-state index is -0.991. The van der Waals surface area contributed by atoms with Gasteiger partial charge in [-0.2, -0.15) is 0 Å². The van der Waals surface area contributed by atoms with Crippen LogP contribution in [0, 0.1) is 11.6 Å². The van der Waals surface area contributed by atoms with Crippen LogP contribution in [-0.2, 0) is 7.05 Å². The molecule has 0 saturated heterocycles. The number of amides is 1. The Balaban J connectivity index is 2.19. The monoisotopic (exact) mass is 236 g/mol. The molecule has 1 aromatic heterocycles. The van der Waals surface area contributed by atoms with Crippen LogP contribution in [0.4, 0.5) is 14.5 Å². The summed E-state index contributed by atoms with van der Waals surface area (Å²) in [6.07, 6.45) is 1.72. The highest BCUT2D eigenvalue weighted by atomic mass is 19.2. The van der Waals surface area contributed by atoms with Crippen molar-refractivity contribution in [1.29, 1.82) is 0 Å². The smallest absolute Gasteiger partial charge is 0.272 e. The van der Waals surface area contributed by atoms with E-state index in [0.29, 0.717) is 5.69 Å². The van der Waals surface area contributed by atoms with Crippen LogP contribution >= 0.6 is 0 Å². The van der Waals surface area contributed by atoms with Crippen molar-refractivity contribution in [2.75, 3.05) is 5.32 Å². The summed E-state index contributed by atoms with van der Waals surface area (Å²) < 4.78 is 27.2. The second kappa shape index (κ2) is 4.37. The number of carbonyl (C=O) groups excluding carboxylic acids is 1. The molecular formula is C12H10F2N2O. The molecule has 2 rings (SSSR count). The van der Waals surface area contributed by atoms with Crippen molar-refractivity contribution in [1.82, 2.24) is 4.57 Å². The molecule has 0 aliphatic heterocycles. The molecular weight excluding hydrogens is 226 g/mol. The topological polar surface area (TPSA) is 34.0 Å². The molecule has 0 bridgehead atoms. The van der Waals surface area contributed by atoms with E-state index in [1.165, 1.54) is 6.07 Å². The summed E-state index contributed by atoms with van der Waals surface area (Å²) in [4.78, 5) is 11.7. The van der Waals surface area contributed by atoms with E-state index in [-0.39, 0.29) is 11.6 Å². The molecule has 0 radical (unpaired) electrons. The Morgan fingerprint density at radius 1 is 1.24 bits per heavy atom. The Bertz CT molecular complexity index is 563. The minimum Gasteiger partial charge on any atom is -0.347 e. The first-order valence-corrected chi connectivity index (χ1v) is 4.95. The summed E-state index contributed by atoms with van der Waals surface area (Å²) in [6.45, 7) is 0. The van der Waals surface area contributed by atoms with Gasteiger partial charge >= 0.3 is 0 Å². The number of hydrogen-bond donors (Lipinski definition) is 1. The molecule has 0 fully saturated rings. The number of hydrogen-bond acceptors (Lipinski definition) is 1. The maximum Gasteiger partial charge on any atom is 0.272 e. The molecule has 1 N–H and O–H groups in total. The van der Waals surface area contributed by atoms with Crippen LogP contribution < -0.4 is 5.32 Å². The lowest BCUT2D eigenvalue weighted by molar-refractivity contribution is 0.101. The Hall–Kier alpha value is -2.17. The van der Waals surface area contributed by atoms with E-state index < -0.39 is 11.6 Å². The van der Waals surface area contributed by atoms with Crippen LogP contribution in [0.15, 0.2) is 36.5 Å². The van der Waals surface area contributed by atoms with Gasteiger partial charge < -0.3 is 9.88 Å². The van der Waals surface area contributed by atoms with Crippen molar-refractivity contribution < 1.29 is 13.6 Å². The van der Waals surface area contributed by atoms with Gasteiger partial charge in [0.2, 0.25) is 0 Å². The number of nitrogens with one attached hydrogen (secondary N) is 1. The zero-order chi connectivity index (χ0) is 12.4. The van der Waals surface area contributed by atoms with Gasteiger partial charge in [-0.05, 0) is 24.3 Å². The van der Waals surface area contributed by atoms with Crippen molar-refractivity contribution in [3.05, 3.63) is 53.9 Å². The van der Waals surface area contributed by atoms with E-state index in [9.17, 15) is 13.6 Å². The second-order valence-corrected chi connectivity index (χ2v) is 3.59. The van der Waals surface area contributed by atoms with Crippen LogP contribution in [0.1, 0.15) is 10.5 Å². The summed E-state index contributed by atoms with van der Waals surface area (Å²) >= 11 is 0. The predicted octanol–water partition coefficient (Wildman–Crippen LogP) is 2.56. The molecule has 5 heteroatoms. The molecule has 88 valence electrons. The number of aryl methyl sites for hydroxylation is 1. The highest BCUT2D eigenvalue weighted by molar-refractivity contribution is 6.03. The Morgan fingerprint density at radius 2 is 2.00 bits per heavy atom. The molecule has 1 heterocycles. The molecule has 1 amide bonds. The fraction of sp³-hybridized carbons (Fsp3) is 0.0833. The van der Waals surface area contributed by atoms with E-state index >= 15 is 0 Å². The number of nitrogens with zero attached hydrogens (tertiary/aromatic N) is 1. The molecule has 0 aliphatic carbocycles. The van der Waals surface area contributed by atoms with Gasteiger partial charge in [0.15, 0.2) is 11.6 Å².